The molecule has 1 aliphatic rings. The molecular weight excluding hydrogens is 254 g/mol. The van der Waals surface area contributed by atoms with Crippen molar-refractivity contribution in [2.24, 2.45) is 0 Å². The zero-order valence-corrected chi connectivity index (χ0v) is 10.5. The molecule has 1 atom stereocenters. The number of fused-ring (bicyclic) bond motifs is 1. The third-order valence-electron chi connectivity index (χ3n) is 2.96. The van der Waals surface area contributed by atoms with Gasteiger partial charge in [0.2, 0.25) is 5.91 Å². The van der Waals surface area contributed by atoms with Crippen molar-refractivity contribution in [2.75, 3.05) is 5.32 Å². The van der Waals surface area contributed by atoms with Crippen molar-refractivity contribution in [3.05, 3.63) is 51.2 Å². The van der Waals surface area contributed by atoms with Crippen LogP contribution in [0.15, 0.2) is 35.7 Å². The van der Waals surface area contributed by atoms with Gasteiger partial charge in [-0.05, 0) is 23.1 Å². The summed E-state index contributed by atoms with van der Waals surface area (Å²) in [5.41, 5.74) is 1.96. The molecule has 1 aliphatic heterocycles. The molecule has 0 spiro atoms. The Morgan fingerprint density at radius 3 is 2.94 bits per heavy atom. The molecule has 86 valence electrons. The minimum atomic E-state index is 0.0563. The number of rotatable bonds is 1. The number of benzene rings is 1. The number of hydrogen-bond acceptors (Lipinski definition) is 2. The molecule has 0 fully saturated rings. The first-order chi connectivity index (χ1) is 8.25. The van der Waals surface area contributed by atoms with Gasteiger partial charge in [0.1, 0.15) is 0 Å². The van der Waals surface area contributed by atoms with E-state index in [1.165, 1.54) is 4.88 Å². The van der Waals surface area contributed by atoms with Crippen LogP contribution in [0.2, 0.25) is 5.02 Å². The zero-order valence-electron chi connectivity index (χ0n) is 8.94. The van der Waals surface area contributed by atoms with Gasteiger partial charge in [0, 0.05) is 22.2 Å². The maximum atomic E-state index is 11.7. The molecule has 1 amide bonds. The van der Waals surface area contributed by atoms with Gasteiger partial charge < -0.3 is 5.32 Å². The van der Waals surface area contributed by atoms with E-state index in [-0.39, 0.29) is 11.8 Å². The molecule has 2 aromatic rings. The number of nitrogens with one attached hydrogen (secondary N) is 1. The van der Waals surface area contributed by atoms with Gasteiger partial charge in [0.25, 0.3) is 0 Å². The molecule has 1 aromatic carbocycles. The van der Waals surface area contributed by atoms with E-state index >= 15 is 0 Å². The lowest BCUT2D eigenvalue weighted by atomic mass is 9.91. The number of carbonyl (C=O) groups excluding carboxylic acids is 1. The summed E-state index contributed by atoms with van der Waals surface area (Å²) >= 11 is 7.88. The van der Waals surface area contributed by atoms with E-state index in [0.29, 0.717) is 6.42 Å². The zero-order chi connectivity index (χ0) is 11.8. The average molecular weight is 264 g/mol. The Morgan fingerprint density at radius 1 is 1.29 bits per heavy atom. The smallest absolute Gasteiger partial charge is 0.225 e. The molecule has 17 heavy (non-hydrogen) atoms. The van der Waals surface area contributed by atoms with Crippen LogP contribution in [0.4, 0.5) is 5.69 Å². The largest absolute Gasteiger partial charge is 0.325 e. The van der Waals surface area contributed by atoms with Crippen molar-refractivity contribution >= 4 is 34.5 Å². The van der Waals surface area contributed by atoms with Crippen LogP contribution in [0.3, 0.4) is 0 Å². The third kappa shape index (κ3) is 1.85. The molecule has 1 aromatic heterocycles. The third-order valence-corrected chi connectivity index (χ3v) is 4.33. The van der Waals surface area contributed by atoms with E-state index in [4.69, 9.17) is 11.6 Å². The van der Waals surface area contributed by atoms with Crippen molar-refractivity contribution < 1.29 is 4.79 Å². The summed E-state index contributed by atoms with van der Waals surface area (Å²) in [6.07, 6.45) is 0.469. The van der Waals surface area contributed by atoms with E-state index in [1.807, 2.05) is 35.7 Å². The molecule has 0 aliphatic carbocycles. The van der Waals surface area contributed by atoms with Gasteiger partial charge in [-0.3, -0.25) is 4.79 Å². The van der Waals surface area contributed by atoms with Crippen molar-refractivity contribution in [1.29, 1.82) is 0 Å². The first kappa shape index (κ1) is 10.8. The van der Waals surface area contributed by atoms with Gasteiger partial charge in [0.05, 0.1) is 5.69 Å². The maximum absolute atomic E-state index is 11.7. The number of carbonyl (C=O) groups is 1. The van der Waals surface area contributed by atoms with Gasteiger partial charge in [-0.2, -0.15) is 0 Å². The SMILES string of the molecule is O=C1C[C@@H](c2ccccc2Cl)c2sccc2N1. The first-order valence-electron chi connectivity index (χ1n) is 5.37. The highest BCUT2D eigenvalue weighted by Gasteiger charge is 2.28. The van der Waals surface area contributed by atoms with E-state index in [1.54, 1.807) is 11.3 Å². The van der Waals surface area contributed by atoms with E-state index < -0.39 is 0 Å². The standard InChI is InChI=1S/C13H10ClNOS/c14-10-4-2-1-3-8(10)9-7-12(16)15-11-5-6-17-13(9)11/h1-6,9H,7H2,(H,15,16)/t9-/m0/s1. The number of thiophene rings is 1. The molecule has 0 unspecified atom stereocenters. The van der Waals surface area contributed by atoms with Crippen molar-refractivity contribution in [1.82, 2.24) is 0 Å². The summed E-state index contributed by atoms with van der Waals surface area (Å²) in [6.45, 7) is 0. The molecule has 0 bridgehead atoms. The minimum Gasteiger partial charge on any atom is -0.325 e. The fraction of sp³-hybridized carbons (Fsp3) is 0.154. The molecule has 2 heterocycles. The fourth-order valence-corrected chi connectivity index (χ4v) is 3.42. The fourth-order valence-electron chi connectivity index (χ4n) is 2.18. The summed E-state index contributed by atoms with van der Waals surface area (Å²) < 4.78 is 0. The van der Waals surface area contributed by atoms with Crippen molar-refractivity contribution in [3.8, 4) is 0 Å². The molecule has 0 radical (unpaired) electrons. The van der Waals surface area contributed by atoms with Crippen LogP contribution < -0.4 is 5.32 Å². The van der Waals surface area contributed by atoms with E-state index in [2.05, 4.69) is 5.32 Å². The lowest BCUT2D eigenvalue weighted by Gasteiger charge is -2.23. The molecular formula is C13H10ClNOS. The second-order valence-corrected chi connectivity index (χ2v) is 5.38. The average Bonchev–Trinajstić information content (AvgIpc) is 2.76. The Hall–Kier alpha value is -1.32. The second kappa shape index (κ2) is 4.17. The lowest BCUT2D eigenvalue weighted by molar-refractivity contribution is -0.116. The monoisotopic (exact) mass is 263 g/mol. The highest BCUT2D eigenvalue weighted by Crippen LogP contribution is 2.42. The van der Waals surface area contributed by atoms with Crippen LogP contribution in [-0.2, 0) is 4.79 Å². The molecule has 1 N–H and O–H groups in total. The highest BCUT2D eigenvalue weighted by molar-refractivity contribution is 7.10. The second-order valence-electron chi connectivity index (χ2n) is 4.02. The number of halogens is 1. The normalized spacial score (nSPS) is 18.6. The van der Waals surface area contributed by atoms with Gasteiger partial charge in [-0.1, -0.05) is 29.8 Å². The van der Waals surface area contributed by atoms with Gasteiger partial charge in [-0.25, -0.2) is 0 Å². The summed E-state index contributed by atoms with van der Waals surface area (Å²) in [7, 11) is 0. The van der Waals surface area contributed by atoms with E-state index in [9.17, 15) is 4.79 Å². The van der Waals surface area contributed by atoms with Crippen LogP contribution in [0, 0.1) is 0 Å². The number of anilines is 1. The first-order valence-corrected chi connectivity index (χ1v) is 6.63. The van der Waals surface area contributed by atoms with Crippen LogP contribution in [0.25, 0.3) is 0 Å². The summed E-state index contributed by atoms with van der Waals surface area (Å²) in [4.78, 5) is 12.9. The molecule has 0 saturated heterocycles. The highest BCUT2D eigenvalue weighted by atomic mass is 35.5. The van der Waals surface area contributed by atoms with Gasteiger partial charge in [0.15, 0.2) is 0 Å². The van der Waals surface area contributed by atoms with Gasteiger partial charge in [-0.15, -0.1) is 11.3 Å². The van der Waals surface area contributed by atoms with Crippen molar-refractivity contribution in [3.63, 3.8) is 0 Å². The molecule has 3 rings (SSSR count). The summed E-state index contributed by atoms with van der Waals surface area (Å²) in [6, 6.07) is 9.68. The molecule has 2 nitrogen and oxygen atoms in total. The Kier molecular flexibility index (Phi) is 2.65. The Morgan fingerprint density at radius 2 is 2.12 bits per heavy atom. The predicted molar refractivity (Wildman–Crippen MR) is 70.9 cm³/mol. The Bertz CT molecular complexity index is 578. The maximum Gasteiger partial charge on any atom is 0.225 e. The summed E-state index contributed by atoms with van der Waals surface area (Å²) in [5, 5.41) is 5.62. The van der Waals surface area contributed by atoms with Crippen molar-refractivity contribution in [2.45, 2.75) is 12.3 Å². The Balaban J connectivity index is 2.11. The summed E-state index contributed by atoms with van der Waals surface area (Å²) in [5.74, 6) is 0.147. The van der Waals surface area contributed by atoms with Gasteiger partial charge >= 0.3 is 0 Å². The number of amides is 1. The lowest BCUT2D eigenvalue weighted by Crippen LogP contribution is -2.22. The number of hydrogen-bond donors (Lipinski definition) is 1. The van der Waals surface area contributed by atoms with Crippen LogP contribution in [0.5, 0.6) is 0 Å². The predicted octanol–water partition coefficient (Wildman–Crippen LogP) is 3.88. The Labute approximate surface area is 108 Å². The van der Waals surface area contributed by atoms with E-state index in [0.717, 1.165) is 16.3 Å². The van der Waals surface area contributed by atoms with Crippen LogP contribution in [-0.4, -0.2) is 5.91 Å². The minimum absolute atomic E-state index is 0.0563. The molecule has 0 saturated carbocycles. The topological polar surface area (TPSA) is 29.1 Å². The molecule has 4 heteroatoms. The van der Waals surface area contributed by atoms with Crippen LogP contribution >= 0.6 is 22.9 Å². The van der Waals surface area contributed by atoms with Crippen LogP contribution in [0.1, 0.15) is 22.8 Å². The quantitative estimate of drug-likeness (QED) is 0.831.